The first-order chi connectivity index (χ1) is 21.7. The number of fused-ring (bicyclic) bond motifs is 1. The Bertz CT molecular complexity index is 1810. The van der Waals surface area contributed by atoms with Gasteiger partial charge in [0.25, 0.3) is 5.91 Å². The third-order valence-electron chi connectivity index (χ3n) is 8.41. The molecule has 1 aliphatic heterocycles. The zero-order valence-corrected chi connectivity index (χ0v) is 26.7. The summed E-state index contributed by atoms with van der Waals surface area (Å²) in [4.78, 5) is 13.9. The van der Waals surface area contributed by atoms with E-state index in [2.05, 4.69) is 15.7 Å². The van der Waals surface area contributed by atoms with Crippen LogP contribution in [0.1, 0.15) is 54.2 Å². The number of benzene rings is 3. The summed E-state index contributed by atoms with van der Waals surface area (Å²) in [5, 5.41) is 22.5. The largest absolute Gasteiger partial charge is 0.416 e. The lowest BCUT2D eigenvalue weighted by molar-refractivity contribution is -0.137. The van der Waals surface area contributed by atoms with Gasteiger partial charge in [0, 0.05) is 36.1 Å². The van der Waals surface area contributed by atoms with Crippen LogP contribution in [0.3, 0.4) is 0 Å². The van der Waals surface area contributed by atoms with Crippen LogP contribution in [-0.4, -0.2) is 60.2 Å². The molecule has 2 atom stereocenters. The van der Waals surface area contributed by atoms with Crippen LogP contribution >= 0.6 is 0 Å². The number of hydrogen-bond acceptors (Lipinski definition) is 6. The number of carbonyl (C=O) groups is 1. The number of amides is 1. The summed E-state index contributed by atoms with van der Waals surface area (Å²) in [5.74, 6) is -0.497. The lowest BCUT2D eigenvalue weighted by atomic mass is 9.92. The molecule has 3 aromatic carbocycles. The Morgan fingerprint density at radius 1 is 1.04 bits per heavy atom. The minimum Gasteiger partial charge on any atom is -0.390 e. The van der Waals surface area contributed by atoms with Crippen LogP contribution in [0.4, 0.5) is 18.9 Å². The van der Waals surface area contributed by atoms with Crippen molar-refractivity contribution >= 4 is 32.5 Å². The Morgan fingerprint density at radius 3 is 2.41 bits per heavy atom. The molecule has 1 aliphatic rings. The standard InChI is InChI=1S/C33H38F3N5O4S/c1-4-40-28-17-23(18-29(26(28)20-38-40)41-14-9-15-46(41,44)45)31(43)39-27(16-22-10-6-5-7-11-22)30(42)21-37-32(2,3)24-12-8-13-25(19-24)33(34,35)36/h5-8,10-13,17-20,27,30,37,42H,4,9,14-16,21H2,1-3H3,(H,39,43)/t27-,30+/m0/s1. The lowest BCUT2D eigenvalue weighted by Gasteiger charge is -2.31. The molecule has 3 N–H and O–H groups in total. The summed E-state index contributed by atoms with van der Waals surface area (Å²) in [6.07, 6.45) is -3.30. The molecule has 5 rings (SSSR count). The van der Waals surface area contributed by atoms with E-state index in [1.807, 2.05) is 37.3 Å². The van der Waals surface area contributed by atoms with E-state index in [-0.39, 0.29) is 24.3 Å². The van der Waals surface area contributed by atoms with Crippen molar-refractivity contribution in [1.29, 1.82) is 0 Å². The number of aromatic nitrogens is 2. The lowest BCUT2D eigenvalue weighted by Crippen LogP contribution is -2.51. The fourth-order valence-corrected chi connectivity index (χ4v) is 7.32. The maximum atomic E-state index is 13.9. The summed E-state index contributed by atoms with van der Waals surface area (Å²) in [6, 6.07) is 16.7. The van der Waals surface area contributed by atoms with E-state index in [0.29, 0.717) is 41.7 Å². The van der Waals surface area contributed by atoms with Crippen molar-refractivity contribution in [2.24, 2.45) is 0 Å². The van der Waals surface area contributed by atoms with E-state index in [4.69, 9.17) is 0 Å². The molecule has 4 aromatic rings. The van der Waals surface area contributed by atoms with E-state index >= 15 is 0 Å². The first-order valence-electron chi connectivity index (χ1n) is 15.1. The molecule has 0 aliphatic carbocycles. The number of halogens is 3. The molecule has 246 valence electrons. The van der Waals surface area contributed by atoms with Gasteiger partial charge in [0.2, 0.25) is 10.0 Å². The van der Waals surface area contributed by atoms with E-state index in [1.165, 1.54) is 10.4 Å². The molecular formula is C33H38F3N5O4S. The van der Waals surface area contributed by atoms with Crippen LogP contribution in [0.25, 0.3) is 10.9 Å². The molecule has 0 spiro atoms. The molecule has 1 saturated heterocycles. The summed E-state index contributed by atoms with van der Waals surface area (Å²) >= 11 is 0. The third kappa shape index (κ3) is 7.21. The van der Waals surface area contributed by atoms with Gasteiger partial charge >= 0.3 is 6.18 Å². The van der Waals surface area contributed by atoms with Gasteiger partial charge in [-0.15, -0.1) is 0 Å². The minimum atomic E-state index is -4.49. The van der Waals surface area contributed by atoms with E-state index < -0.39 is 45.4 Å². The molecule has 2 heterocycles. The second-order valence-electron chi connectivity index (χ2n) is 12.1. The number of alkyl halides is 3. The molecule has 0 radical (unpaired) electrons. The average Bonchev–Trinajstić information content (AvgIpc) is 3.61. The monoisotopic (exact) mass is 657 g/mol. The smallest absolute Gasteiger partial charge is 0.390 e. The molecule has 1 fully saturated rings. The minimum absolute atomic E-state index is 0.0159. The SMILES string of the molecule is CCn1ncc2c(N3CCCS3(=O)=O)cc(C(=O)N[C@@H](Cc3ccccc3)[C@H](O)CNC(C)(C)c3cccc(C(F)(F)F)c3)cc21. The van der Waals surface area contributed by atoms with Crippen molar-refractivity contribution in [2.75, 3.05) is 23.1 Å². The Hall–Kier alpha value is -3.94. The van der Waals surface area contributed by atoms with Crippen molar-refractivity contribution in [3.05, 3.63) is 95.2 Å². The number of aliphatic hydroxyl groups is 1. The zero-order valence-electron chi connectivity index (χ0n) is 25.9. The van der Waals surface area contributed by atoms with Gasteiger partial charge in [-0.1, -0.05) is 42.5 Å². The molecule has 0 bridgehead atoms. The van der Waals surface area contributed by atoms with E-state index in [9.17, 15) is 31.5 Å². The molecular weight excluding hydrogens is 619 g/mol. The molecule has 1 aromatic heterocycles. The van der Waals surface area contributed by atoms with Crippen molar-refractivity contribution < 1.29 is 31.5 Å². The highest BCUT2D eigenvalue weighted by molar-refractivity contribution is 7.93. The maximum absolute atomic E-state index is 13.9. The van der Waals surface area contributed by atoms with Gasteiger partial charge in [0.05, 0.1) is 40.9 Å². The summed E-state index contributed by atoms with van der Waals surface area (Å²) in [5.41, 5.74) is 0.736. The van der Waals surface area contributed by atoms with Crippen molar-refractivity contribution in [3.8, 4) is 0 Å². The van der Waals surface area contributed by atoms with Crippen molar-refractivity contribution in [1.82, 2.24) is 20.4 Å². The highest BCUT2D eigenvalue weighted by Gasteiger charge is 2.34. The van der Waals surface area contributed by atoms with E-state index in [1.54, 1.807) is 42.9 Å². The number of hydrogen-bond donors (Lipinski definition) is 3. The van der Waals surface area contributed by atoms with Crippen molar-refractivity contribution in [2.45, 2.75) is 64.0 Å². The maximum Gasteiger partial charge on any atom is 0.416 e. The number of rotatable bonds is 11. The molecule has 13 heteroatoms. The highest BCUT2D eigenvalue weighted by atomic mass is 32.2. The summed E-state index contributed by atoms with van der Waals surface area (Å²) < 4.78 is 68.8. The van der Waals surface area contributed by atoms with Crippen LogP contribution in [0.2, 0.25) is 0 Å². The second kappa shape index (κ2) is 13.0. The summed E-state index contributed by atoms with van der Waals surface area (Å²) in [7, 11) is -3.55. The number of nitrogens with one attached hydrogen (secondary N) is 2. The molecule has 9 nitrogen and oxygen atoms in total. The summed E-state index contributed by atoms with van der Waals surface area (Å²) in [6.45, 7) is 6.09. The van der Waals surface area contributed by atoms with Crippen molar-refractivity contribution in [3.63, 3.8) is 0 Å². The highest BCUT2D eigenvalue weighted by Crippen LogP contribution is 2.34. The third-order valence-corrected chi connectivity index (χ3v) is 10.3. The zero-order chi connectivity index (χ0) is 33.3. The van der Waals surface area contributed by atoms with Gasteiger partial charge in [0.15, 0.2) is 0 Å². The van der Waals surface area contributed by atoms with Crippen LogP contribution < -0.4 is 14.9 Å². The fraction of sp³-hybridized carbons (Fsp3) is 0.394. The predicted octanol–water partition coefficient (Wildman–Crippen LogP) is 4.84. The number of aliphatic hydroxyl groups excluding tert-OH is 1. The Labute approximate surface area is 266 Å². The van der Waals surface area contributed by atoms with Crippen LogP contribution in [-0.2, 0) is 34.7 Å². The van der Waals surface area contributed by atoms with Gasteiger partial charge in [-0.2, -0.15) is 18.3 Å². The molecule has 0 saturated carbocycles. The fourth-order valence-electron chi connectivity index (χ4n) is 5.75. The predicted molar refractivity (Wildman–Crippen MR) is 171 cm³/mol. The number of carbonyl (C=O) groups excluding carboxylic acids is 1. The van der Waals surface area contributed by atoms with Gasteiger partial charge in [-0.05, 0) is 69.0 Å². The molecule has 0 unspecified atom stereocenters. The Morgan fingerprint density at radius 2 is 1.76 bits per heavy atom. The number of nitrogens with zero attached hydrogens (tertiary/aromatic N) is 3. The topological polar surface area (TPSA) is 117 Å². The van der Waals surface area contributed by atoms with Crippen LogP contribution in [0.15, 0.2) is 72.9 Å². The van der Waals surface area contributed by atoms with Gasteiger partial charge in [0.1, 0.15) is 0 Å². The number of sulfonamides is 1. The van der Waals surface area contributed by atoms with Crippen LogP contribution in [0.5, 0.6) is 0 Å². The first-order valence-corrected chi connectivity index (χ1v) is 16.8. The van der Waals surface area contributed by atoms with Gasteiger partial charge in [-0.3, -0.25) is 13.8 Å². The number of anilines is 1. The average molecular weight is 658 g/mol. The normalized spacial score (nSPS) is 16.5. The van der Waals surface area contributed by atoms with Crippen LogP contribution in [0, 0.1) is 0 Å². The Balaban J connectivity index is 1.42. The number of aryl methyl sites for hydroxylation is 1. The van der Waals surface area contributed by atoms with Gasteiger partial charge < -0.3 is 15.7 Å². The Kier molecular flexibility index (Phi) is 9.48. The van der Waals surface area contributed by atoms with E-state index in [0.717, 1.165) is 17.7 Å². The molecule has 1 amide bonds. The molecule has 46 heavy (non-hydrogen) atoms. The first kappa shape index (κ1) is 33.4. The quantitative estimate of drug-likeness (QED) is 0.213. The second-order valence-corrected chi connectivity index (χ2v) is 14.1. The van der Waals surface area contributed by atoms with Gasteiger partial charge in [-0.25, -0.2) is 8.42 Å².